The zero-order valence-corrected chi connectivity index (χ0v) is 11.6. The third kappa shape index (κ3) is 4.15. The standard InChI is InChI=1S/C14H13BrClN/c15-13-5-1-3-11(7-13)9-17-10-12-4-2-6-14(16)8-12/h1-8,17H,9-10H2. The van der Waals surface area contributed by atoms with Crippen LogP contribution >= 0.6 is 27.5 Å². The second-order valence-electron chi connectivity index (χ2n) is 3.86. The highest BCUT2D eigenvalue weighted by Gasteiger charge is 1.96. The van der Waals surface area contributed by atoms with Crippen LogP contribution in [-0.4, -0.2) is 0 Å². The van der Waals surface area contributed by atoms with Crippen LogP contribution in [0.5, 0.6) is 0 Å². The van der Waals surface area contributed by atoms with Gasteiger partial charge in [-0.05, 0) is 35.4 Å². The molecule has 0 saturated heterocycles. The molecular weight excluding hydrogens is 298 g/mol. The number of rotatable bonds is 4. The van der Waals surface area contributed by atoms with E-state index < -0.39 is 0 Å². The number of hydrogen-bond acceptors (Lipinski definition) is 1. The van der Waals surface area contributed by atoms with E-state index in [4.69, 9.17) is 11.6 Å². The van der Waals surface area contributed by atoms with Gasteiger partial charge in [-0.3, -0.25) is 0 Å². The Morgan fingerprint density at radius 2 is 1.59 bits per heavy atom. The van der Waals surface area contributed by atoms with Crippen LogP contribution in [0.3, 0.4) is 0 Å². The SMILES string of the molecule is Clc1cccc(CNCc2cccc(Br)c2)c1. The first-order valence-electron chi connectivity index (χ1n) is 5.43. The van der Waals surface area contributed by atoms with E-state index in [1.165, 1.54) is 11.1 Å². The van der Waals surface area contributed by atoms with Crippen LogP contribution in [0.25, 0.3) is 0 Å². The second-order valence-corrected chi connectivity index (χ2v) is 5.22. The fourth-order valence-electron chi connectivity index (χ4n) is 1.65. The zero-order valence-electron chi connectivity index (χ0n) is 9.29. The molecule has 0 spiro atoms. The van der Waals surface area contributed by atoms with Gasteiger partial charge in [-0.2, -0.15) is 0 Å². The lowest BCUT2D eigenvalue weighted by Gasteiger charge is -2.06. The minimum Gasteiger partial charge on any atom is -0.309 e. The Morgan fingerprint density at radius 3 is 2.24 bits per heavy atom. The summed E-state index contributed by atoms with van der Waals surface area (Å²) in [5.74, 6) is 0. The first-order chi connectivity index (χ1) is 8.24. The molecule has 0 unspecified atom stereocenters. The molecule has 0 radical (unpaired) electrons. The number of halogens is 2. The summed E-state index contributed by atoms with van der Waals surface area (Å²) in [6, 6.07) is 16.2. The molecule has 88 valence electrons. The van der Waals surface area contributed by atoms with Gasteiger partial charge in [0.1, 0.15) is 0 Å². The molecule has 2 aromatic rings. The summed E-state index contributed by atoms with van der Waals surface area (Å²) in [4.78, 5) is 0. The number of benzene rings is 2. The minimum atomic E-state index is 0.784. The summed E-state index contributed by atoms with van der Waals surface area (Å²) in [6.45, 7) is 1.68. The Hall–Kier alpha value is -0.830. The fourth-order valence-corrected chi connectivity index (χ4v) is 2.30. The van der Waals surface area contributed by atoms with Gasteiger partial charge in [-0.15, -0.1) is 0 Å². The van der Waals surface area contributed by atoms with Gasteiger partial charge in [0, 0.05) is 22.6 Å². The lowest BCUT2D eigenvalue weighted by Crippen LogP contribution is -2.12. The maximum absolute atomic E-state index is 5.93. The van der Waals surface area contributed by atoms with Gasteiger partial charge < -0.3 is 5.32 Å². The molecule has 17 heavy (non-hydrogen) atoms. The van der Waals surface area contributed by atoms with Crippen molar-refractivity contribution in [2.24, 2.45) is 0 Å². The highest BCUT2D eigenvalue weighted by Crippen LogP contribution is 2.12. The van der Waals surface area contributed by atoms with Crippen molar-refractivity contribution in [1.29, 1.82) is 0 Å². The Kier molecular flexibility index (Phi) is 4.60. The molecule has 0 aromatic heterocycles. The van der Waals surface area contributed by atoms with E-state index >= 15 is 0 Å². The molecule has 2 aromatic carbocycles. The Balaban J connectivity index is 1.87. The maximum Gasteiger partial charge on any atom is 0.0409 e. The molecule has 0 amide bonds. The highest BCUT2D eigenvalue weighted by atomic mass is 79.9. The monoisotopic (exact) mass is 309 g/mol. The van der Waals surface area contributed by atoms with Gasteiger partial charge >= 0.3 is 0 Å². The van der Waals surface area contributed by atoms with Crippen LogP contribution in [0.15, 0.2) is 53.0 Å². The third-order valence-corrected chi connectivity index (χ3v) is 3.16. The molecule has 0 aliphatic carbocycles. The molecule has 0 heterocycles. The van der Waals surface area contributed by atoms with Crippen LogP contribution in [-0.2, 0) is 13.1 Å². The van der Waals surface area contributed by atoms with Crippen molar-refractivity contribution in [2.45, 2.75) is 13.1 Å². The van der Waals surface area contributed by atoms with Crippen molar-refractivity contribution < 1.29 is 0 Å². The van der Waals surface area contributed by atoms with Gasteiger partial charge in [0.25, 0.3) is 0 Å². The number of hydrogen-bond donors (Lipinski definition) is 1. The maximum atomic E-state index is 5.93. The fraction of sp³-hybridized carbons (Fsp3) is 0.143. The summed E-state index contributed by atoms with van der Waals surface area (Å²) < 4.78 is 1.11. The molecular formula is C14H13BrClN. The Labute approximate surface area is 115 Å². The van der Waals surface area contributed by atoms with Gasteiger partial charge in [0.15, 0.2) is 0 Å². The van der Waals surface area contributed by atoms with Gasteiger partial charge in [-0.25, -0.2) is 0 Å². The van der Waals surface area contributed by atoms with Crippen molar-refractivity contribution in [3.8, 4) is 0 Å². The Bertz CT molecular complexity index is 454. The predicted octanol–water partition coefficient (Wildman–Crippen LogP) is 4.39. The quantitative estimate of drug-likeness (QED) is 0.883. The zero-order chi connectivity index (χ0) is 12.1. The van der Waals surface area contributed by atoms with Crippen LogP contribution < -0.4 is 5.32 Å². The largest absolute Gasteiger partial charge is 0.309 e. The molecule has 1 nitrogen and oxygen atoms in total. The molecule has 2 rings (SSSR count). The average Bonchev–Trinajstić information content (AvgIpc) is 2.29. The van der Waals surface area contributed by atoms with Crippen molar-refractivity contribution >= 4 is 27.5 Å². The van der Waals surface area contributed by atoms with E-state index in [0.717, 1.165) is 22.6 Å². The number of nitrogens with one attached hydrogen (secondary N) is 1. The smallest absolute Gasteiger partial charge is 0.0409 e. The minimum absolute atomic E-state index is 0.784. The van der Waals surface area contributed by atoms with E-state index in [0.29, 0.717) is 0 Å². The molecule has 0 atom stereocenters. The molecule has 0 saturated carbocycles. The van der Waals surface area contributed by atoms with Gasteiger partial charge in [0.2, 0.25) is 0 Å². The summed E-state index contributed by atoms with van der Waals surface area (Å²) >= 11 is 9.39. The predicted molar refractivity (Wildman–Crippen MR) is 76.1 cm³/mol. The first-order valence-corrected chi connectivity index (χ1v) is 6.61. The first kappa shape index (κ1) is 12.6. The van der Waals surface area contributed by atoms with Crippen molar-refractivity contribution in [2.75, 3.05) is 0 Å². The summed E-state index contributed by atoms with van der Waals surface area (Å²) in [6.07, 6.45) is 0. The second kappa shape index (κ2) is 6.20. The molecule has 3 heteroatoms. The summed E-state index contributed by atoms with van der Waals surface area (Å²) in [5.41, 5.74) is 2.47. The third-order valence-electron chi connectivity index (χ3n) is 2.44. The van der Waals surface area contributed by atoms with E-state index in [-0.39, 0.29) is 0 Å². The molecule has 0 fully saturated rings. The molecule has 0 bridgehead atoms. The van der Waals surface area contributed by atoms with Crippen molar-refractivity contribution in [3.63, 3.8) is 0 Å². The van der Waals surface area contributed by atoms with Crippen molar-refractivity contribution in [1.82, 2.24) is 5.32 Å². The van der Waals surface area contributed by atoms with E-state index in [9.17, 15) is 0 Å². The van der Waals surface area contributed by atoms with E-state index in [1.54, 1.807) is 0 Å². The molecule has 1 N–H and O–H groups in total. The van der Waals surface area contributed by atoms with Crippen LogP contribution in [0, 0.1) is 0 Å². The molecule has 0 aliphatic heterocycles. The van der Waals surface area contributed by atoms with Crippen LogP contribution in [0.1, 0.15) is 11.1 Å². The van der Waals surface area contributed by atoms with Gasteiger partial charge in [-0.1, -0.05) is 51.8 Å². The lowest BCUT2D eigenvalue weighted by atomic mass is 10.2. The highest BCUT2D eigenvalue weighted by molar-refractivity contribution is 9.10. The van der Waals surface area contributed by atoms with E-state index in [1.807, 2.05) is 30.3 Å². The van der Waals surface area contributed by atoms with Gasteiger partial charge in [0.05, 0.1) is 0 Å². The topological polar surface area (TPSA) is 12.0 Å². The summed E-state index contributed by atoms with van der Waals surface area (Å²) in [5, 5.41) is 4.18. The average molecular weight is 311 g/mol. The normalized spacial score (nSPS) is 10.5. The Morgan fingerprint density at radius 1 is 0.941 bits per heavy atom. The van der Waals surface area contributed by atoms with Crippen LogP contribution in [0.4, 0.5) is 0 Å². The van der Waals surface area contributed by atoms with E-state index in [2.05, 4.69) is 39.4 Å². The summed E-state index contributed by atoms with van der Waals surface area (Å²) in [7, 11) is 0. The van der Waals surface area contributed by atoms with Crippen molar-refractivity contribution in [3.05, 3.63) is 69.2 Å². The van der Waals surface area contributed by atoms with Crippen LogP contribution in [0.2, 0.25) is 5.02 Å². The lowest BCUT2D eigenvalue weighted by molar-refractivity contribution is 0.693. The molecule has 0 aliphatic rings.